The molecule has 1 aliphatic heterocycles. The maximum Gasteiger partial charge on any atom is 0.247 e. The fraction of sp³-hybridized carbons (Fsp3) is 0.857. The molecule has 0 aromatic heterocycles. The van der Waals surface area contributed by atoms with Crippen LogP contribution in [-0.2, 0) is 4.74 Å². The first-order valence-corrected chi connectivity index (χ1v) is 9.45. The largest absolute Gasteiger partial charge is 0.393 e. The third-order valence-electron chi connectivity index (χ3n) is 5.64. The minimum absolute atomic E-state index is 0.0725. The first-order valence-electron chi connectivity index (χ1n) is 9.45. The van der Waals surface area contributed by atoms with E-state index in [1.54, 1.807) is 0 Å². The highest BCUT2D eigenvalue weighted by molar-refractivity contribution is 5.05. The van der Waals surface area contributed by atoms with Crippen LogP contribution >= 0.6 is 0 Å². The van der Waals surface area contributed by atoms with Crippen LogP contribution < -0.4 is 0 Å². The van der Waals surface area contributed by atoms with Gasteiger partial charge in [-0.15, -0.1) is 0 Å². The van der Waals surface area contributed by atoms with Gasteiger partial charge in [0.05, 0.1) is 6.10 Å². The van der Waals surface area contributed by atoms with Gasteiger partial charge in [0.25, 0.3) is 0 Å². The van der Waals surface area contributed by atoms with Crippen molar-refractivity contribution in [1.29, 1.82) is 0 Å². The Hall–Kier alpha value is -0.470. The number of hydrogen-bond acceptors (Lipinski definition) is 2. The van der Waals surface area contributed by atoms with Crippen molar-refractivity contribution in [3.8, 4) is 0 Å². The molecule has 2 unspecified atom stereocenters. The van der Waals surface area contributed by atoms with E-state index in [4.69, 9.17) is 4.74 Å². The summed E-state index contributed by atoms with van der Waals surface area (Å²) in [6, 6.07) is 0. The summed E-state index contributed by atoms with van der Waals surface area (Å²) in [5.41, 5.74) is 0.437. The van der Waals surface area contributed by atoms with Crippen LogP contribution in [0.4, 0.5) is 0 Å². The molecule has 132 valence electrons. The molecule has 2 fully saturated rings. The SMILES string of the molecule is CC(C)(C)[C+]1CC(C(C)(C)C)CC(/C=C/C2CCC(O)CC2)O1. The van der Waals surface area contributed by atoms with Crippen LogP contribution in [0.3, 0.4) is 0 Å². The van der Waals surface area contributed by atoms with E-state index in [-0.39, 0.29) is 17.6 Å². The van der Waals surface area contributed by atoms with Crippen molar-refractivity contribution in [3.05, 3.63) is 18.3 Å². The molecule has 23 heavy (non-hydrogen) atoms. The Kier molecular flexibility index (Phi) is 5.90. The first-order chi connectivity index (χ1) is 10.6. The molecule has 0 spiro atoms. The van der Waals surface area contributed by atoms with E-state index in [9.17, 15) is 5.11 Å². The predicted octanol–water partition coefficient (Wildman–Crippen LogP) is 5.51. The molecule has 0 aromatic rings. The van der Waals surface area contributed by atoms with Crippen molar-refractivity contribution < 1.29 is 9.84 Å². The number of hydrogen-bond donors (Lipinski definition) is 1. The van der Waals surface area contributed by atoms with E-state index < -0.39 is 0 Å². The van der Waals surface area contributed by atoms with Gasteiger partial charge in [-0.2, -0.15) is 4.74 Å². The standard InChI is InChI=1S/C21H37O2/c1-20(2,3)16-13-18(23-19(14-16)21(4,5)6)12-9-15-7-10-17(22)11-8-15/h9,12,15-18,22H,7-8,10-11,13-14H2,1-6H3/q+1/b12-9+. The van der Waals surface area contributed by atoms with Gasteiger partial charge in [-0.05, 0) is 64.2 Å². The average molecular weight is 322 g/mol. The molecule has 0 radical (unpaired) electrons. The summed E-state index contributed by atoms with van der Waals surface area (Å²) in [6.45, 7) is 13.8. The van der Waals surface area contributed by atoms with Crippen molar-refractivity contribution in [3.63, 3.8) is 0 Å². The fourth-order valence-corrected chi connectivity index (χ4v) is 3.70. The molecule has 2 atom stereocenters. The Bertz CT molecular complexity index is 369. The quantitative estimate of drug-likeness (QED) is 0.536. The highest BCUT2D eigenvalue weighted by Crippen LogP contribution is 2.46. The highest BCUT2D eigenvalue weighted by atomic mass is 16.5. The molecule has 0 bridgehead atoms. The van der Waals surface area contributed by atoms with E-state index >= 15 is 0 Å². The van der Waals surface area contributed by atoms with Crippen LogP contribution in [0, 0.1) is 28.8 Å². The highest BCUT2D eigenvalue weighted by Gasteiger charge is 2.49. The van der Waals surface area contributed by atoms with E-state index in [0.29, 0.717) is 17.3 Å². The summed E-state index contributed by atoms with van der Waals surface area (Å²) in [5, 5.41) is 9.64. The van der Waals surface area contributed by atoms with Crippen molar-refractivity contribution in [2.45, 2.75) is 92.3 Å². The molecule has 1 N–H and O–H groups in total. The van der Waals surface area contributed by atoms with E-state index in [1.807, 2.05) is 0 Å². The lowest BCUT2D eigenvalue weighted by atomic mass is 9.69. The summed E-state index contributed by atoms with van der Waals surface area (Å²) in [4.78, 5) is 0. The normalized spacial score (nSPS) is 34.1. The van der Waals surface area contributed by atoms with Crippen molar-refractivity contribution in [2.75, 3.05) is 0 Å². The number of ether oxygens (including phenoxy) is 1. The van der Waals surface area contributed by atoms with Crippen LogP contribution in [0.1, 0.15) is 80.1 Å². The maximum absolute atomic E-state index is 9.64. The fourth-order valence-electron chi connectivity index (χ4n) is 3.70. The smallest absolute Gasteiger partial charge is 0.247 e. The van der Waals surface area contributed by atoms with Gasteiger partial charge in [-0.25, -0.2) is 0 Å². The summed E-state index contributed by atoms with van der Waals surface area (Å²) in [7, 11) is 0. The van der Waals surface area contributed by atoms with E-state index in [2.05, 4.69) is 53.7 Å². The number of aliphatic hydroxyl groups is 1. The van der Waals surface area contributed by atoms with Gasteiger partial charge in [0.1, 0.15) is 17.9 Å². The Labute approximate surface area is 143 Å². The zero-order chi connectivity index (χ0) is 17.3. The van der Waals surface area contributed by atoms with Gasteiger partial charge in [0, 0.05) is 5.92 Å². The molecule has 2 heteroatoms. The number of rotatable bonds is 2. The molecule has 0 amide bonds. The van der Waals surface area contributed by atoms with Crippen molar-refractivity contribution >= 4 is 0 Å². The van der Waals surface area contributed by atoms with Gasteiger partial charge in [-0.1, -0.05) is 32.9 Å². The maximum atomic E-state index is 9.64. The van der Waals surface area contributed by atoms with Gasteiger partial charge >= 0.3 is 0 Å². The average Bonchev–Trinajstić information content (AvgIpc) is 2.44. The molecule has 1 saturated heterocycles. The number of aliphatic hydroxyl groups excluding tert-OH is 1. The third-order valence-corrected chi connectivity index (χ3v) is 5.64. The second kappa shape index (κ2) is 7.19. The lowest BCUT2D eigenvalue weighted by Crippen LogP contribution is -2.38. The summed E-state index contributed by atoms with van der Waals surface area (Å²) in [5.74, 6) is 1.29. The van der Waals surface area contributed by atoms with Crippen LogP contribution in [0.15, 0.2) is 12.2 Å². The molecular formula is C21H37O2+. The zero-order valence-corrected chi connectivity index (χ0v) is 16.1. The predicted molar refractivity (Wildman–Crippen MR) is 96.9 cm³/mol. The summed E-state index contributed by atoms with van der Waals surface area (Å²) in [6.07, 6.45) is 12.4. The Morgan fingerprint density at radius 2 is 1.57 bits per heavy atom. The van der Waals surface area contributed by atoms with Crippen molar-refractivity contribution in [1.82, 2.24) is 0 Å². The molecule has 1 saturated carbocycles. The molecule has 2 aliphatic rings. The Balaban J connectivity index is 2.01. The second-order valence-corrected chi connectivity index (χ2v) is 9.79. The topological polar surface area (TPSA) is 29.5 Å². The van der Waals surface area contributed by atoms with E-state index in [1.165, 1.54) is 6.10 Å². The minimum Gasteiger partial charge on any atom is -0.393 e. The van der Waals surface area contributed by atoms with Gasteiger partial charge < -0.3 is 5.11 Å². The van der Waals surface area contributed by atoms with Gasteiger partial charge in [0.2, 0.25) is 6.10 Å². The number of allylic oxidation sites excluding steroid dienone is 1. The molecular weight excluding hydrogens is 284 g/mol. The van der Waals surface area contributed by atoms with Crippen LogP contribution in [0.25, 0.3) is 0 Å². The monoisotopic (exact) mass is 321 g/mol. The minimum atomic E-state index is -0.0725. The summed E-state index contributed by atoms with van der Waals surface area (Å²) < 4.78 is 6.37. The van der Waals surface area contributed by atoms with Crippen LogP contribution in [-0.4, -0.2) is 17.3 Å². The van der Waals surface area contributed by atoms with Crippen molar-refractivity contribution in [2.24, 2.45) is 22.7 Å². The van der Waals surface area contributed by atoms with Crippen LogP contribution in [0.2, 0.25) is 0 Å². The zero-order valence-electron chi connectivity index (χ0n) is 16.1. The molecule has 1 aliphatic carbocycles. The molecule has 1 heterocycles. The second-order valence-electron chi connectivity index (χ2n) is 9.79. The lowest BCUT2D eigenvalue weighted by Gasteiger charge is -2.37. The van der Waals surface area contributed by atoms with Gasteiger partial charge in [0.15, 0.2) is 0 Å². The molecule has 2 rings (SSSR count). The Morgan fingerprint density at radius 1 is 0.957 bits per heavy atom. The molecule has 2 nitrogen and oxygen atoms in total. The third kappa shape index (κ3) is 5.53. The lowest BCUT2D eigenvalue weighted by molar-refractivity contribution is -0.0430. The Morgan fingerprint density at radius 3 is 2.09 bits per heavy atom. The van der Waals surface area contributed by atoms with E-state index in [0.717, 1.165) is 38.5 Å². The van der Waals surface area contributed by atoms with Crippen LogP contribution in [0.5, 0.6) is 0 Å². The van der Waals surface area contributed by atoms with Gasteiger partial charge in [-0.3, -0.25) is 0 Å². The summed E-state index contributed by atoms with van der Waals surface area (Å²) >= 11 is 0. The molecule has 0 aromatic carbocycles. The first kappa shape index (κ1) is 18.9.